The largest absolute Gasteiger partial charge is 0.368 e. The van der Waals surface area contributed by atoms with E-state index in [4.69, 9.17) is 23.2 Å². The van der Waals surface area contributed by atoms with E-state index >= 15 is 0 Å². The highest BCUT2D eigenvalue weighted by atomic mass is 35.5. The summed E-state index contributed by atoms with van der Waals surface area (Å²) in [6, 6.07) is 8.09. The Morgan fingerprint density at radius 3 is 2.39 bits per heavy atom. The van der Waals surface area contributed by atoms with Gasteiger partial charge in [0.1, 0.15) is 0 Å². The molecule has 0 atom stereocenters. The quantitative estimate of drug-likeness (QED) is 0.604. The van der Waals surface area contributed by atoms with E-state index in [2.05, 4.69) is 15.9 Å². The van der Waals surface area contributed by atoms with Gasteiger partial charge in [-0.05, 0) is 31.5 Å². The van der Waals surface area contributed by atoms with Gasteiger partial charge in [0.25, 0.3) is 0 Å². The van der Waals surface area contributed by atoms with Gasteiger partial charge in [0.2, 0.25) is 0 Å². The van der Waals surface area contributed by atoms with Crippen LogP contribution in [0.3, 0.4) is 0 Å². The van der Waals surface area contributed by atoms with Gasteiger partial charge in [-0.3, -0.25) is 4.90 Å². The topological polar surface area (TPSA) is 6.48 Å². The molecule has 1 aliphatic rings. The molecule has 1 aliphatic heterocycles. The summed E-state index contributed by atoms with van der Waals surface area (Å²) in [5.74, 6) is 0.777. The molecular weight excluding hydrogens is 267 g/mol. The van der Waals surface area contributed by atoms with Crippen LogP contribution < -0.4 is 4.90 Å². The normalized spacial score (nSPS) is 17.1. The van der Waals surface area contributed by atoms with Crippen LogP contribution in [-0.4, -0.2) is 43.5 Å². The lowest BCUT2D eigenvalue weighted by molar-refractivity contribution is 0.254. The van der Waals surface area contributed by atoms with Crippen molar-refractivity contribution in [3.05, 3.63) is 29.3 Å². The van der Waals surface area contributed by atoms with Crippen molar-refractivity contribution in [3.63, 3.8) is 0 Å². The molecule has 0 bridgehead atoms. The molecule has 0 aliphatic carbocycles. The number of unbranched alkanes of at least 4 members (excludes halogenated alkanes) is 1. The van der Waals surface area contributed by atoms with Crippen LogP contribution in [0.2, 0.25) is 5.02 Å². The molecule has 4 heteroatoms. The maximum absolute atomic E-state index is 6.23. The zero-order valence-corrected chi connectivity index (χ0v) is 12.1. The highest BCUT2D eigenvalue weighted by Crippen LogP contribution is 2.25. The first kappa shape index (κ1) is 14.0. The van der Waals surface area contributed by atoms with Gasteiger partial charge in [-0.15, -0.1) is 11.6 Å². The Bertz CT molecular complexity index is 363. The first-order chi connectivity index (χ1) is 8.81. The molecule has 0 radical (unpaired) electrons. The second-order valence-corrected chi connectivity index (χ2v) is 5.46. The molecule has 0 spiro atoms. The number of piperazine rings is 1. The Hall–Kier alpha value is -0.440. The van der Waals surface area contributed by atoms with E-state index in [-0.39, 0.29) is 0 Å². The van der Waals surface area contributed by atoms with Gasteiger partial charge in [0, 0.05) is 32.1 Å². The summed E-state index contributed by atoms with van der Waals surface area (Å²) in [6.45, 7) is 5.53. The molecule has 1 fully saturated rings. The number of anilines is 1. The molecule has 0 aromatic heterocycles. The molecule has 1 saturated heterocycles. The van der Waals surface area contributed by atoms with Crippen molar-refractivity contribution in [2.24, 2.45) is 0 Å². The monoisotopic (exact) mass is 286 g/mol. The van der Waals surface area contributed by atoms with Crippen LogP contribution in [0.25, 0.3) is 0 Å². The SMILES string of the molecule is ClCCCCN1CCN(c2ccccc2Cl)CC1. The number of hydrogen-bond donors (Lipinski definition) is 0. The van der Waals surface area contributed by atoms with Crippen molar-refractivity contribution in [2.75, 3.05) is 43.5 Å². The van der Waals surface area contributed by atoms with Crippen molar-refractivity contribution >= 4 is 28.9 Å². The Kier molecular flexibility index (Phi) is 5.61. The van der Waals surface area contributed by atoms with Gasteiger partial charge in [-0.2, -0.15) is 0 Å². The summed E-state index contributed by atoms with van der Waals surface area (Å²) in [5, 5.41) is 0.855. The van der Waals surface area contributed by atoms with E-state index in [1.54, 1.807) is 0 Å². The molecule has 1 heterocycles. The zero-order chi connectivity index (χ0) is 12.8. The smallest absolute Gasteiger partial charge is 0.0639 e. The van der Waals surface area contributed by atoms with Crippen molar-refractivity contribution in [1.29, 1.82) is 0 Å². The molecule has 1 aromatic rings. The fraction of sp³-hybridized carbons (Fsp3) is 0.571. The highest BCUT2D eigenvalue weighted by molar-refractivity contribution is 6.33. The summed E-state index contributed by atoms with van der Waals surface area (Å²) in [5.41, 5.74) is 1.17. The van der Waals surface area contributed by atoms with Gasteiger partial charge < -0.3 is 4.90 Å². The number of hydrogen-bond acceptors (Lipinski definition) is 2. The first-order valence-electron chi connectivity index (χ1n) is 6.59. The number of para-hydroxylation sites is 1. The predicted octanol–water partition coefficient (Wildman–Crippen LogP) is 3.48. The molecule has 0 unspecified atom stereocenters. The second kappa shape index (κ2) is 7.22. The van der Waals surface area contributed by atoms with Crippen molar-refractivity contribution < 1.29 is 0 Å². The van der Waals surface area contributed by atoms with Crippen molar-refractivity contribution in [2.45, 2.75) is 12.8 Å². The fourth-order valence-corrected chi connectivity index (χ4v) is 2.79. The minimum Gasteiger partial charge on any atom is -0.368 e. The zero-order valence-electron chi connectivity index (χ0n) is 10.6. The molecule has 0 N–H and O–H groups in total. The molecule has 18 heavy (non-hydrogen) atoms. The predicted molar refractivity (Wildman–Crippen MR) is 80.1 cm³/mol. The Balaban J connectivity index is 1.81. The minimum atomic E-state index is 0.777. The van der Waals surface area contributed by atoms with Gasteiger partial charge in [-0.25, -0.2) is 0 Å². The van der Waals surface area contributed by atoms with Crippen LogP contribution in [0.15, 0.2) is 24.3 Å². The van der Waals surface area contributed by atoms with Crippen LogP contribution in [0, 0.1) is 0 Å². The van der Waals surface area contributed by atoms with E-state index in [1.807, 2.05) is 18.2 Å². The van der Waals surface area contributed by atoms with Gasteiger partial charge in [-0.1, -0.05) is 23.7 Å². The number of benzene rings is 1. The molecule has 2 nitrogen and oxygen atoms in total. The highest BCUT2D eigenvalue weighted by Gasteiger charge is 2.17. The van der Waals surface area contributed by atoms with E-state index in [1.165, 1.54) is 18.7 Å². The summed E-state index contributed by atoms with van der Waals surface area (Å²) >= 11 is 11.9. The molecule has 2 rings (SSSR count). The van der Waals surface area contributed by atoms with E-state index in [0.29, 0.717) is 0 Å². The van der Waals surface area contributed by atoms with Crippen LogP contribution in [-0.2, 0) is 0 Å². The third-order valence-electron chi connectivity index (χ3n) is 3.42. The van der Waals surface area contributed by atoms with Crippen molar-refractivity contribution in [1.82, 2.24) is 4.90 Å². The summed E-state index contributed by atoms with van der Waals surface area (Å²) in [7, 11) is 0. The third-order valence-corrected chi connectivity index (χ3v) is 4.01. The maximum atomic E-state index is 6.23. The fourth-order valence-electron chi connectivity index (χ4n) is 2.35. The Morgan fingerprint density at radius 2 is 1.72 bits per heavy atom. The van der Waals surface area contributed by atoms with E-state index in [0.717, 1.165) is 43.5 Å². The number of rotatable bonds is 5. The molecule has 0 saturated carbocycles. The average Bonchev–Trinajstić information content (AvgIpc) is 2.41. The van der Waals surface area contributed by atoms with Gasteiger partial charge >= 0.3 is 0 Å². The van der Waals surface area contributed by atoms with E-state index in [9.17, 15) is 0 Å². The lowest BCUT2D eigenvalue weighted by atomic mass is 10.2. The van der Waals surface area contributed by atoms with Crippen LogP contribution in [0.1, 0.15) is 12.8 Å². The lowest BCUT2D eigenvalue weighted by Gasteiger charge is -2.36. The standard InChI is InChI=1S/C14H20Cl2N2/c15-7-3-4-8-17-9-11-18(12-10-17)14-6-2-1-5-13(14)16/h1-2,5-6H,3-4,7-12H2. The van der Waals surface area contributed by atoms with Crippen molar-refractivity contribution in [3.8, 4) is 0 Å². The molecule has 0 amide bonds. The molecule has 100 valence electrons. The summed E-state index contributed by atoms with van der Waals surface area (Å²) in [6.07, 6.45) is 2.32. The maximum Gasteiger partial charge on any atom is 0.0639 e. The number of halogens is 2. The Labute approximate surface area is 119 Å². The summed E-state index contributed by atoms with van der Waals surface area (Å²) < 4.78 is 0. The summed E-state index contributed by atoms with van der Waals surface area (Å²) in [4.78, 5) is 4.89. The van der Waals surface area contributed by atoms with E-state index < -0.39 is 0 Å². The first-order valence-corrected chi connectivity index (χ1v) is 7.50. The Morgan fingerprint density at radius 1 is 1.00 bits per heavy atom. The van der Waals surface area contributed by atoms with Crippen LogP contribution >= 0.6 is 23.2 Å². The lowest BCUT2D eigenvalue weighted by Crippen LogP contribution is -2.46. The minimum absolute atomic E-state index is 0.777. The number of nitrogens with zero attached hydrogens (tertiary/aromatic N) is 2. The third kappa shape index (κ3) is 3.78. The second-order valence-electron chi connectivity index (χ2n) is 4.68. The average molecular weight is 287 g/mol. The van der Waals surface area contributed by atoms with Crippen LogP contribution in [0.5, 0.6) is 0 Å². The van der Waals surface area contributed by atoms with Crippen LogP contribution in [0.4, 0.5) is 5.69 Å². The van der Waals surface area contributed by atoms with Gasteiger partial charge in [0.05, 0.1) is 10.7 Å². The molecule has 1 aromatic carbocycles. The van der Waals surface area contributed by atoms with Gasteiger partial charge in [0.15, 0.2) is 0 Å². The number of alkyl halides is 1. The molecular formula is C14H20Cl2N2.